The molecule has 284 valence electrons. The minimum Gasteiger partial charge on any atom is -0.481 e. The predicted molar refractivity (Wildman–Crippen MR) is 213 cm³/mol. The monoisotopic (exact) mass is 742 g/mol. The highest BCUT2D eigenvalue weighted by Crippen LogP contribution is 2.47. The van der Waals surface area contributed by atoms with Crippen molar-refractivity contribution < 1.29 is 19.1 Å². The first kappa shape index (κ1) is 39.9. The second kappa shape index (κ2) is 17.3. The minimum atomic E-state index is -0.533. The van der Waals surface area contributed by atoms with Gasteiger partial charge in [-0.05, 0) is 73.3 Å². The van der Waals surface area contributed by atoms with Crippen LogP contribution in [0.3, 0.4) is 0 Å². The van der Waals surface area contributed by atoms with Crippen molar-refractivity contribution in [3.63, 3.8) is 0 Å². The Balaban J connectivity index is 1.49. The number of benzene rings is 2. The van der Waals surface area contributed by atoms with Crippen molar-refractivity contribution in [1.82, 2.24) is 20.5 Å². The second-order valence-electron chi connectivity index (χ2n) is 14.4. The number of amides is 3. The van der Waals surface area contributed by atoms with Gasteiger partial charge >= 0.3 is 0 Å². The lowest BCUT2D eigenvalue weighted by molar-refractivity contribution is -0.126. The van der Waals surface area contributed by atoms with Gasteiger partial charge in [0.2, 0.25) is 11.8 Å². The molecule has 2 aromatic carbocycles. The van der Waals surface area contributed by atoms with E-state index in [2.05, 4.69) is 54.6 Å². The number of nitrogens with two attached hydrogens (primary N) is 1. The normalized spacial score (nSPS) is 19.7. The van der Waals surface area contributed by atoms with Gasteiger partial charge in [0, 0.05) is 61.0 Å². The summed E-state index contributed by atoms with van der Waals surface area (Å²) in [5, 5.41) is 9.45. The van der Waals surface area contributed by atoms with Crippen LogP contribution in [0.25, 0.3) is 22.4 Å². The zero-order chi connectivity index (χ0) is 38.4. The molecule has 3 aromatic rings. The molecule has 0 saturated carbocycles. The molecule has 2 heterocycles. The molecule has 1 aromatic heterocycles. The molecule has 0 bridgehead atoms. The molecule has 4 unspecified atom stereocenters. The van der Waals surface area contributed by atoms with Crippen molar-refractivity contribution in [2.45, 2.75) is 90.6 Å². The topological polar surface area (TPSA) is 139 Å². The molecule has 53 heavy (non-hydrogen) atoms. The Morgan fingerprint density at radius 3 is 2.45 bits per heavy atom. The third-order valence-corrected chi connectivity index (χ3v) is 11.7. The number of likely N-dealkylation sites (tertiary alicyclic amines) is 1. The van der Waals surface area contributed by atoms with E-state index in [1.807, 2.05) is 43.3 Å². The van der Waals surface area contributed by atoms with E-state index in [0.717, 1.165) is 85.1 Å². The Kier molecular flexibility index (Phi) is 13.0. The summed E-state index contributed by atoms with van der Waals surface area (Å²) in [6, 6.07) is 14.0. The van der Waals surface area contributed by atoms with Crippen LogP contribution in [0.15, 0.2) is 54.1 Å². The second-order valence-corrected chi connectivity index (χ2v) is 14.8. The zero-order valence-corrected chi connectivity index (χ0v) is 33.0. The Labute approximate surface area is 319 Å². The molecule has 5 N–H and O–H groups in total. The van der Waals surface area contributed by atoms with Crippen LogP contribution in [-0.2, 0) is 20.8 Å². The average molecular weight is 743 g/mol. The van der Waals surface area contributed by atoms with Gasteiger partial charge in [-0.3, -0.25) is 19.3 Å². The first-order valence-corrected chi connectivity index (χ1v) is 19.3. The highest BCUT2D eigenvalue weighted by molar-refractivity contribution is 6.36. The molecule has 10 nitrogen and oxygen atoms in total. The van der Waals surface area contributed by atoms with Crippen molar-refractivity contribution in [1.29, 1.82) is 0 Å². The lowest BCUT2D eigenvalue weighted by atomic mass is 9.87. The number of aryl methyl sites for hydroxylation is 1. The van der Waals surface area contributed by atoms with Gasteiger partial charge in [0.05, 0.1) is 23.4 Å². The number of ether oxygens (including phenoxy) is 1. The molecule has 1 aliphatic carbocycles. The molecule has 3 amide bonds. The van der Waals surface area contributed by atoms with Crippen LogP contribution in [0.5, 0.6) is 5.88 Å². The summed E-state index contributed by atoms with van der Waals surface area (Å²) in [5.74, 6) is -0.261. The van der Waals surface area contributed by atoms with Gasteiger partial charge in [-0.2, -0.15) is 0 Å². The summed E-state index contributed by atoms with van der Waals surface area (Å²) in [5.41, 5.74) is 12.4. The van der Waals surface area contributed by atoms with E-state index in [4.69, 9.17) is 27.1 Å². The van der Waals surface area contributed by atoms with Crippen molar-refractivity contribution in [2.75, 3.05) is 39.1 Å². The van der Waals surface area contributed by atoms with Crippen molar-refractivity contribution in [3.05, 3.63) is 75.8 Å². The van der Waals surface area contributed by atoms with Gasteiger partial charge in [-0.1, -0.05) is 82.6 Å². The fraction of sp³-hybridized carbons (Fsp3) is 0.476. The van der Waals surface area contributed by atoms with Gasteiger partial charge in [0.25, 0.3) is 11.8 Å². The summed E-state index contributed by atoms with van der Waals surface area (Å²) < 4.78 is 6.00. The number of carbonyl (C=O) groups is 3. The molecular formula is C42H55ClN6O4. The number of nitrogens with zero attached hydrogens (tertiary/aromatic N) is 2. The number of anilines is 1. The summed E-state index contributed by atoms with van der Waals surface area (Å²) >= 11 is 7.32. The minimum absolute atomic E-state index is 0.00784. The van der Waals surface area contributed by atoms with Gasteiger partial charge in [-0.15, -0.1) is 0 Å². The van der Waals surface area contributed by atoms with Crippen molar-refractivity contribution in [3.8, 4) is 28.3 Å². The van der Waals surface area contributed by atoms with Crippen LogP contribution in [0.1, 0.15) is 95.4 Å². The number of rotatable bonds is 14. The summed E-state index contributed by atoms with van der Waals surface area (Å²) in [4.78, 5) is 46.3. The van der Waals surface area contributed by atoms with E-state index in [-0.39, 0.29) is 41.4 Å². The van der Waals surface area contributed by atoms with E-state index >= 15 is 0 Å². The predicted octanol–water partition coefficient (Wildman–Crippen LogP) is 7.16. The van der Waals surface area contributed by atoms with Crippen LogP contribution >= 0.6 is 11.6 Å². The maximum Gasteiger partial charge on any atom is 0.260 e. The maximum absolute atomic E-state index is 13.3. The van der Waals surface area contributed by atoms with E-state index in [0.29, 0.717) is 16.6 Å². The van der Waals surface area contributed by atoms with E-state index in [9.17, 15) is 14.4 Å². The number of pyridine rings is 1. The van der Waals surface area contributed by atoms with Crippen molar-refractivity contribution >= 4 is 35.0 Å². The highest BCUT2D eigenvalue weighted by Gasteiger charge is 2.43. The van der Waals surface area contributed by atoms with E-state index in [1.54, 1.807) is 7.11 Å². The van der Waals surface area contributed by atoms with Crippen LogP contribution < -0.4 is 26.4 Å². The number of methoxy groups -OCH3 is 1. The average Bonchev–Trinajstić information content (AvgIpc) is 3.80. The van der Waals surface area contributed by atoms with Crippen LogP contribution in [0.2, 0.25) is 5.02 Å². The fourth-order valence-corrected chi connectivity index (χ4v) is 8.10. The summed E-state index contributed by atoms with van der Waals surface area (Å²) in [7, 11) is 3.15. The molecule has 1 fully saturated rings. The number of fused-ring (bicyclic) bond motifs is 1. The Hall–Kier alpha value is -4.25. The van der Waals surface area contributed by atoms with Crippen molar-refractivity contribution in [2.24, 2.45) is 11.7 Å². The summed E-state index contributed by atoms with van der Waals surface area (Å²) in [6.07, 6.45) is 6.67. The number of halogens is 1. The SMILES string of the molecule is CCC(C)C(=O)NC1(CC)CCN(C2CCc3cc(-c4cccc(-c5cccc(NC(=O)/C(=C/CN)C(=O)NC)c5C(C)CC)c4Cl)nc(OC)c32)C1. The smallest absolute Gasteiger partial charge is 0.260 e. The van der Waals surface area contributed by atoms with Crippen LogP contribution in [0, 0.1) is 5.92 Å². The quantitative estimate of drug-likeness (QED) is 0.0781. The van der Waals surface area contributed by atoms with Gasteiger partial charge < -0.3 is 26.4 Å². The maximum atomic E-state index is 13.3. The van der Waals surface area contributed by atoms with Crippen LogP contribution in [-0.4, -0.2) is 66.9 Å². The lowest BCUT2D eigenvalue weighted by Crippen LogP contribution is -2.51. The van der Waals surface area contributed by atoms with Gasteiger partial charge in [-0.25, -0.2) is 4.98 Å². The number of hydrogen-bond acceptors (Lipinski definition) is 7. The first-order valence-electron chi connectivity index (χ1n) is 19.0. The molecule has 5 rings (SSSR count). The molecule has 2 aliphatic rings. The number of hydrogen-bond donors (Lipinski definition) is 4. The first-order chi connectivity index (χ1) is 25.5. The zero-order valence-electron chi connectivity index (χ0n) is 32.2. The third kappa shape index (κ3) is 8.15. The Morgan fingerprint density at radius 2 is 1.79 bits per heavy atom. The highest BCUT2D eigenvalue weighted by atomic mass is 35.5. The third-order valence-electron chi connectivity index (χ3n) is 11.3. The molecule has 11 heteroatoms. The standard InChI is InChI=1S/C42H55ClN6O4/c1-8-25(4)35-28(13-12-16-32(35)46-40(52)31(19-21-44)39(51)45-6)29-14-11-15-30(37(29)43)33-23-27-17-18-34(36(27)41(47-33)53-7)49-22-20-42(10-3,24-49)48-38(50)26(5)9-2/h11-16,19,23,25-26,34H,8-10,17-18,20-22,24,44H2,1-7H3,(H,45,51)(H,46,52)(H,48,50)/b31-19+. The number of carbonyl (C=O) groups excluding carboxylic acids is 3. The molecule has 0 spiro atoms. The van der Waals surface area contributed by atoms with Crippen LogP contribution in [0.4, 0.5) is 5.69 Å². The fourth-order valence-electron chi connectivity index (χ4n) is 7.77. The Morgan fingerprint density at radius 1 is 1.08 bits per heavy atom. The molecule has 1 aliphatic heterocycles. The van der Waals surface area contributed by atoms with Gasteiger partial charge in [0.1, 0.15) is 5.57 Å². The molecule has 4 atom stereocenters. The molecule has 1 saturated heterocycles. The van der Waals surface area contributed by atoms with E-state index < -0.39 is 11.8 Å². The largest absolute Gasteiger partial charge is 0.481 e. The molecule has 0 radical (unpaired) electrons. The van der Waals surface area contributed by atoms with E-state index in [1.165, 1.54) is 18.7 Å². The molecular weight excluding hydrogens is 688 g/mol. The number of aromatic nitrogens is 1. The lowest BCUT2D eigenvalue weighted by Gasteiger charge is -2.32. The Bertz CT molecular complexity index is 1880. The number of likely N-dealkylation sites (N-methyl/N-ethyl adjacent to an activating group) is 1. The number of nitrogens with one attached hydrogen (secondary N) is 3. The summed E-state index contributed by atoms with van der Waals surface area (Å²) in [6.45, 7) is 12.1. The van der Waals surface area contributed by atoms with Gasteiger partial charge in [0.15, 0.2) is 0 Å².